The van der Waals surface area contributed by atoms with E-state index < -0.39 is 11.9 Å². The highest BCUT2D eigenvalue weighted by molar-refractivity contribution is 6.27. The Balaban J connectivity index is 0.000000212. The standard InChI is InChI=1S/C10H15N3O.C2H2O4/c1-2-8-11-9(14-12-8)10-4-3-5-13(6-10)7-10;3-1(4)2(5)6/h2-7H2,1H3;(H,3,4)(H,5,6). The van der Waals surface area contributed by atoms with Crippen molar-refractivity contribution in [2.45, 2.75) is 31.6 Å². The van der Waals surface area contributed by atoms with E-state index in [2.05, 4.69) is 22.0 Å². The maximum absolute atomic E-state index is 9.10. The zero-order valence-corrected chi connectivity index (χ0v) is 11.2. The van der Waals surface area contributed by atoms with Crippen LogP contribution in [0.2, 0.25) is 0 Å². The number of aryl methyl sites for hydroxylation is 1. The molecule has 4 heterocycles. The Morgan fingerprint density at radius 1 is 1.35 bits per heavy atom. The molecule has 0 aliphatic carbocycles. The average molecular weight is 283 g/mol. The van der Waals surface area contributed by atoms with Crippen LogP contribution in [0.5, 0.6) is 0 Å². The van der Waals surface area contributed by atoms with Crippen molar-refractivity contribution < 1.29 is 24.3 Å². The highest BCUT2D eigenvalue weighted by Gasteiger charge is 2.50. The molecule has 0 radical (unpaired) electrons. The summed E-state index contributed by atoms with van der Waals surface area (Å²) < 4.78 is 5.35. The van der Waals surface area contributed by atoms with Crippen molar-refractivity contribution in [2.75, 3.05) is 19.6 Å². The van der Waals surface area contributed by atoms with Crippen molar-refractivity contribution in [3.05, 3.63) is 11.7 Å². The second-order valence-corrected chi connectivity index (χ2v) is 5.07. The fourth-order valence-corrected chi connectivity index (χ4v) is 2.62. The monoisotopic (exact) mass is 283 g/mol. The lowest BCUT2D eigenvalue weighted by Crippen LogP contribution is -2.63. The first-order valence-electron chi connectivity index (χ1n) is 6.48. The fraction of sp³-hybridized carbons (Fsp3) is 0.667. The van der Waals surface area contributed by atoms with Crippen LogP contribution in [0.25, 0.3) is 0 Å². The van der Waals surface area contributed by atoms with Gasteiger partial charge in [0.2, 0.25) is 5.89 Å². The summed E-state index contributed by atoms with van der Waals surface area (Å²) in [5.41, 5.74) is 0.221. The van der Waals surface area contributed by atoms with Gasteiger partial charge in [0.1, 0.15) is 0 Å². The number of carboxylic acid groups (broad SMARTS) is 2. The van der Waals surface area contributed by atoms with E-state index in [1.54, 1.807) is 0 Å². The Hall–Kier alpha value is -1.96. The molecule has 0 unspecified atom stereocenters. The van der Waals surface area contributed by atoms with E-state index in [0.717, 1.165) is 31.2 Å². The molecule has 2 bridgehead atoms. The molecular formula is C12H17N3O5. The molecule has 3 saturated heterocycles. The van der Waals surface area contributed by atoms with E-state index >= 15 is 0 Å². The third kappa shape index (κ3) is 2.79. The molecule has 3 fully saturated rings. The van der Waals surface area contributed by atoms with Crippen molar-refractivity contribution in [1.82, 2.24) is 15.0 Å². The van der Waals surface area contributed by atoms with Crippen molar-refractivity contribution in [3.63, 3.8) is 0 Å². The molecule has 8 nitrogen and oxygen atoms in total. The highest BCUT2D eigenvalue weighted by Crippen LogP contribution is 2.41. The van der Waals surface area contributed by atoms with E-state index in [1.807, 2.05) is 0 Å². The van der Waals surface area contributed by atoms with Gasteiger partial charge in [0, 0.05) is 19.5 Å². The van der Waals surface area contributed by atoms with E-state index in [-0.39, 0.29) is 5.41 Å². The second-order valence-electron chi connectivity index (χ2n) is 5.07. The quantitative estimate of drug-likeness (QED) is 0.736. The van der Waals surface area contributed by atoms with Gasteiger partial charge >= 0.3 is 11.9 Å². The number of nitrogens with zero attached hydrogens (tertiary/aromatic N) is 3. The van der Waals surface area contributed by atoms with Crippen LogP contribution in [0.15, 0.2) is 4.52 Å². The molecule has 0 aromatic carbocycles. The summed E-state index contributed by atoms with van der Waals surface area (Å²) in [6.45, 7) is 5.55. The predicted molar refractivity (Wildman–Crippen MR) is 66.3 cm³/mol. The first kappa shape index (κ1) is 14.4. The van der Waals surface area contributed by atoms with Gasteiger partial charge in [-0.2, -0.15) is 4.98 Å². The zero-order valence-electron chi connectivity index (χ0n) is 11.2. The Morgan fingerprint density at radius 3 is 2.40 bits per heavy atom. The lowest BCUT2D eigenvalue weighted by Gasteiger charge is -2.52. The van der Waals surface area contributed by atoms with E-state index in [0.29, 0.717) is 0 Å². The van der Waals surface area contributed by atoms with Gasteiger partial charge in [-0.15, -0.1) is 0 Å². The van der Waals surface area contributed by atoms with Gasteiger partial charge in [-0.25, -0.2) is 9.59 Å². The van der Waals surface area contributed by atoms with Crippen LogP contribution in [0.1, 0.15) is 31.5 Å². The largest absolute Gasteiger partial charge is 0.473 e. The van der Waals surface area contributed by atoms with E-state index in [4.69, 9.17) is 24.3 Å². The third-order valence-corrected chi connectivity index (χ3v) is 3.60. The third-order valence-electron chi connectivity index (χ3n) is 3.60. The Kier molecular flexibility index (Phi) is 4.03. The molecular weight excluding hydrogens is 266 g/mol. The maximum atomic E-state index is 9.10. The van der Waals surface area contributed by atoms with Gasteiger partial charge in [-0.1, -0.05) is 12.1 Å². The number of aliphatic carboxylic acids is 2. The molecule has 0 spiro atoms. The number of carbonyl (C=O) groups is 2. The van der Waals surface area contributed by atoms with Gasteiger partial charge in [0.25, 0.3) is 0 Å². The highest BCUT2D eigenvalue weighted by atomic mass is 16.5. The number of hydrogen-bond acceptors (Lipinski definition) is 6. The Morgan fingerprint density at radius 2 is 2.00 bits per heavy atom. The van der Waals surface area contributed by atoms with E-state index in [1.165, 1.54) is 19.4 Å². The average Bonchev–Trinajstić information content (AvgIpc) is 2.88. The smallest absolute Gasteiger partial charge is 0.414 e. The molecule has 0 amide bonds. The Labute approximate surface area is 115 Å². The molecule has 8 heteroatoms. The van der Waals surface area contributed by atoms with Gasteiger partial charge < -0.3 is 19.6 Å². The lowest BCUT2D eigenvalue weighted by atomic mass is 9.72. The zero-order chi connectivity index (χ0) is 14.8. The van der Waals surface area contributed by atoms with Crippen LogP contribution in [0.3, 0.4) is 0 Å². The van der Waals surface area contributed by atoms with Crippen molar-refractivity contribution in [3.8, 4) is 0 Å². The van der Waals surface area contributed by atoms with Crippen molar-refractivity contribution in [1.29, 1.82) is 0 Å². The molecule has 1 aromatic rings. The second kappa shape index (κ2) is 5.58. The lowest BCUT2D eigenvalue weighted by molar-refractivity contribution is -0.159. The van der Waals surface area contributed by atoms with Gasteiger partial charge in [0.05, 0.1) is 5.41 Å². The summed E-state index contributed by atoms with van der Waals surface area (Å²) in [6, 6.07) is 0. The van der Waals surface area contributed by atoms with Gasteiger partial charge in [0.15, 0.2) is 5.82 Å². The summed E-state index contributed by atoms with van der Waals surface area (Å²) in [6.07, 6.45) is 3.35. The topological polar surface area (TPSA) is 117 Å². The first-order valence-corrected chi connectivity index (χ1v) is 6.48. The fourth-order valence-electron chi connectivity index (χ4n) is 2.62. The summed E-state index contributed by atoms with van der Waals surface area (Å²) >= 11 is 0. The normalized spacial score (nSPS) is 26.9. The van der Waals surface area contributed by atoms with E-state index in [9.17, 15) is 0 Å². The number of fused-ring (bicyclic) bond motifs is 2. The Bertz CT molecular complexity index is 489. The van der Waals surface area contributed by atoms with Crippen LogP contribution in [-0.2, 0) is 21.4 Å². The minimum absolute atomic E-state index is 0.221. The maximum Gasteiger partial charge on any atom is 0.414 e. The number of piperidine rings is 2. The SMILES string of the molecule is CCc1noc(C23CCCN(C2)C3)n1.O=C(O)C(=O)O. The molecule has 0 saturated carbocycles. The minimum Gasteiger partial charge on any atom is -0.473 e. The van der Waals surface area contributed by atoms with Crippen LogP contribution in [0.4, 0.5) is 0 Å². The first-order chi connectivity index (χ1) is 9.47. The van der Waals surface area contributed by atoms with Crippen LogP contribution in [-0.4, -0.2) is 56.8 Å². The molecule has 3 aliphatic heterocycles. The van der Waals surface area contributed by atoms with Crippen LogP contribution >= 0.6 is 0 Å². The molecule has 4 rings (SSSR count). The molecule has 1 aromatic heterocycles. The summed E-state index contributed by atoms with van der Waals surface area (Å²) in [5.74, 6) is -1.92. The van der Waals surface area contributed by atoms with Crippen LogP contribution < -0.4 is 0 Å². The molecule has 20 heavy (non-hydrogen) atoms. The minimum atomic E-state index is -1.82. The predicted octanol–water partition coefficient (Wildman–Crippen LogP) is 0.135. The van der Waals surface area contributed by atoms with Gasteiger partial charge in [-0.3, -0.25) is 0 Å². The molecule has 0 atom stereocenters. The van der Waals surface area contributed by atoms with Gasteiger partial charge in [-0.05, 0) is 19.4 Å². The number of rotatable bonds is 2. The molecule has 2 N–H and O–H groups in total. The molecule has 110 valence electrons. The number of aromatic nitrogens is 2. The van der Waals surface area contributed by atoms with Crippen molar-refractivity contribution >= 4 is 11.9 Å². The number of hydrogen-bond donors (Lipinski definition) is 2. The number of carboxylic acids is 2. The summed E-state index contributed by atoms with van der Waals surface area (Å²) in [4.78, 5) is 25.1. The molecule has 3 aliphatic rings. The van der Waals surface area contributed by atoms with Crippen molar-refractivity contribution in [2.24, 2.45) is 0 Å². The summed E-state index contributed by atoms with van der Waals surface area (Å²) in [5, 5.41) is 18.8. The van der Waals surface area contributed by atoms with Crippen LogP contribution in [0, 0.1) is 0 Å². The summed E-state index contributed by atoms with van der Waals surface area (Å²) in [7, 11) is 0.